The highest BCUT2D eigenvalue weighted by Crippen LogP contribution is 2.29. The van der Waals surface area contributed by atoms with Crippen LogP contribution < -0.4 is 14.8 Å². The third-order valence-corrected chi connectivity index (χ3v) is 3.60. The van der Waals surface area contributed by atoms with E-state index in [9.17, 15) is 4.79 Å². The Morgan fingerprint density at radius 2 is 1.68 bits per heavy atom. The van der Waals surface area contributed by atoms with Crippen LogP contribution in [0.2, 0.25) is 5.02 Å². The van der Waals surface area contributed by atoms with Gasteiger partial charge >= 0.3 is 6.01 Å². The molecule has 7 nitrogen and oxygen atoms in total. The molecule has 1 amide bonds. The van der Waals surface area contributed by atoms with E-state index < -0.39 is 0 Å². The van der Waals surface area contributed by atoms with Gasteiger partial charge in [0.2, 0.25) is 5.89 Å². The summed E-state index contributed by atoms with van der Waals surface area (Å²) in [5.74, 6) is 1.01. The lowest BCUT2D eigenvalue weighted by molar-refractivity contribution is 0.102. The first-order chi connectivity index (χ1) is 12.1. The predicted octanol–water partition coefficient (Wildman–Crippen LogP) is 3.66. The summed E-state index contributed by atoms with van der Waals surface area (Å²) in [6, 6.07) is 11.6. The topological polar surface area (TPSA) is 86.5 Å². The molecule has 1 aromatic heterocycles. The third kappa shape index (κ3) is 3.89. The lowest BCUT2D eigenvalue weighted by Gasteiger charge is -2.05. The Balaban J connectivity index is 1.80. The van der Waals surface area contributed by atoms with E-state index in [1.165, 1.54) is 0 Å². The van der Waals surface area contributed by atoms with Gasteiger partial charge in [-0.25, -0.2) is 0 Å². The molecule has 8 heteroatoms. The van der Waals surface area contributed by atoms with Gasteiger partial charge in [0.05, 0.1) is 14.2 Å². The molecule has 1 heterocycles. The average molecular weight is 360 g/mol. The maximum atomic E-state index is 12.2. The first-order valence-corrected chi connectivity index (χ1v) is 7.60. The third-order valence-electron chi connectivity index (χ3n) is 3.35. The number of hydrogen-bond donors (Lipinski definition) is 1. The minimum Gasteiger partial charge on any atom is -0.497 e. The van der Waals surface area contributed by atoms with Crippen LogP contribution in [0, 0.1) is 0 Å². The number of benzene rings is 2. The van der Waals surface area contributed by atoms with Gasteiger partial charge in [-0.2, -0.15) is 0 Å². The smallest absolute Gasteiger partial charge is 0.322 e. The van der Waals surface area contributed by atoms with Gasteiger partial charge < -0.3 is 13.9 Å². The van der Waals surface area contributed by atoms with Crippen molar-refractivity contribution in [2.45, 2.75) is 0 Å². The molecule has 2 aromatic carbocycles. The second kappa shape index (κ2) is 7.23. The molecule has 0 radical (unpaired) electrons. The van der Waals surface area contributed by atoms with Crippen LogP contribution in [0.25, 0.3) is 11.5 Å². The number of rotatable bonds is 5. The maximum Gasteiger partial charge on any atom is 0.322 e. The number of anilines is 1. The van der Waals surface area contributed by atoms with Crippen LogP contribution in [0.15, 0.2) is 46.9 Å². The Morgan fingerprint density at radius 1 is 1.04 bits per heavy atom. The van der Waals surface area contributed by atoms with Crippen LogP contribution >= 0.6 is 11.6 Å². The van der Waals surface area contributed by atoms with Gasteiger partial charge in [0.15, 0.2) is 0 Å². The number of carbonyl (C=O) groups is 1. The second-order valence-corrected chi connectivity index (χ2v) is 5.41. The second-order valence-electron chi connectivity index (χ2n) is 4.97. The number of carbonyl (C=O) groups excluding carboxylic acids is 1. The first kappa shape index (κ1) is 16.8. The van der Waals surface area contributed by atoms with E-state index in [1.807, 2.05) is 0 Å². The molecule has 3 rings (SSSR count). The summed E-state index contributed by atoms with van der Waals surface area (Å²) >= 11 is 5.80. The number of hydrogen-bond acceptors (Lipinski definition) is 6. The fourth-order valence-electron chi connectivity index (χ4n) is 2.09. The summed E-state index contributed by atoms with van der Waals surface area (Å²) in [5.41, 5.74) is 1.03. The molecule has 0 fully saturated rings. The van der Waals surface area contributed by atoms with E-state index in [1.54, 1.807) is 56.7 Å². The molecule has 0 aliphatic heterocycles. The van der Waals surface area contributed by atoms with Gasteiger partial charge in [-0.15, -0.1) is 5.10 Å². The number of ether oxygens (including phenoxy) is 2. The van der Waals surface area contributed by atoms with Crippen molar-refractivity contribution in [3.63, 3.8) is 0 Å². The zero-order chi connectivity index (χ0) is 17.8. The Morgan fingerprint density at radius 3 is 2.28 bits per heavy atom. The summed E-state index contributed by atoms with van der Waals surface area (Å²) in [6.07, 6.45) is 0. The number of methoxy groups -OCH3 is 2. The van der Waals surface area contributed by atoms with Gasteiger partial charge in [0.1, 0.15) is 11.5 Å². The minimum absolute atomic E-state index is 0.0169. The normalized spacial score (nSPS) is 10.4. The van der Waals surface area contributed by atoms with Crippen molar-refractivity contribution in [1.82, 2.24) is 10.2 Å². The van der Waals surface area contributed by atoms with Gasteiger partial charge in [-0.1, -0.05) is 16.7 Å². The van der Waals surface area contributed by atoms with Crippen LogP contribution in [0.3, 0.4) is 0 Å². The first-order valence-electron chi connectivity index (χ1n) is 7.23. The van der Waals surface area contributed by atoms with Crippen molar-refractivity contribution in [1.29, 1.82) is 0 Å². The quantitative estimate of drug-likeness (QED) is 0.748. The van der Waals surface area contributed by atoms with Crippen molar-refractivity contribution in [3.05, 3.63) is 53.1 Å². The average Bonchev–Trinajstić information content (AvgIpc) is 3.10. The van der Waals surface area contributed by atoms with Gasteiger partial charge in [0.25, 0.3) is 5.91 Å². The van der Waals surface area contributed by atoms with Crippen LogP contribution in [-0.2, 0) is 0 Å². The number of halogens is 1. The van der Waals surface area contributed by atoms with E-state index >= 15 is 0 Å². The number of nitrogens with one attached hydrogen (secondary N) is 1. The lowest BCUT2D eigenvalue weighted by Crippen LogP contribution is -2.11. The largest absolute Gasteiger partial charge is 0.497 e. The van der Waals surface area contributed by atoms with Gasteiger partial charge in [-0.05, 0) is 36.4 Å². The highest BCUT2D eigenvalue weighted by molar-refractivity contribution is 6.30. The molecular formula is C17H14ClN3O4. The molecule has 0 spiro atoms. The molecule has 3 aromatic rings. The number of aromatic nitrogens is 2. The SMILES string of the molecule is COc1cc(OC)cc(-c2nnc(NC(=O)c3ccc(Cl)cc3)o2)c1. The Kier molecular flexibility index (Phi) is 4.85. The fraction of sp³-hybridized carbons (Fsp3) is 0.118. The highest BCUT2D eigenvalue weighted by atomic mass is 35.5. The zero-order valence-corrected chi connectivity index (χ0v) is 14.2. The molecule has 1 N–H and O–H groups in total. The summed E-state index contributed by atoms with van der Waals surface area (Å²) in [5, 5.41) is 10.9. The van der Waals surface area contributed by atoms with Crippen LogP contribution in [-0.4, -0.2) is 30.3 Å². The highest BCUT2D eigenvalue weighted by Gasteiger charge is 2.14. The standard InChI is InChI=1S/C17H14ClN3O4/c1-23-13-7-11(8-14(9-13)24-2)16-20-21-17(25-16)19-15(22)10-3-5-12(18)6-4-10/h3-9H,1-2H3,(H,19,21,22). The van der Waals surface area contributed by atoms with Crippen LogP contribution in [0.5, 0.6) is 11.5 Å². The molecule has 0 aliphatic carbocycles. The molecular weight excluding hydrogens is 346 g/mol. The number of amides is 1. The van der Waals surface area contributed by atoms with Crippen molar-refractivity contribution in [3.8, 4) is 23.0 Å². The monoisotopic (exact) mass is 359 g/mol. The lowest BCUT2D eigenvalue weighted by atomic mass is 10.2. The zero-order valence-electron chi connectivity index (χ0n) is 13.4. The van der Waals surface area contributed by atoms with Crippen LogP contribution in [0.1, 0.15) is 10.4 Å². The molecule has 0 bridgehead atoms. The van der Waals surface area contributed by atoms with Crippen molar-refractivity contribution in [2.24, 2.45) is 0 Å². The maximum absolute atomic E-state index is 12.2. The molecule has 0 unspecified atom stereocenters. The molecule has 0 atom stereocenters. The summed E-state index contributed by atoms with van der Waals surface area (Å²) in [7, 11) is 3.09. The van der Waals surface area contributed by atoms with Crippen LogP contribution in [0.4, 0.5) is 6.01 Å². The van der Waals surface area contributed by atoms with Crippen molar-refractivity contribution < 1.29 is 18.7 Å². The van der Waals surface area contributed by atoms with E-state index in [4.69, 9.17) is 25.5 Å². The molecule has 128 valence electrons. The molecule has 0 saturated heterocycles. The fourth-order valence-corrected chi connectivity index (χ4v) is 2.22. The Labute approximate surface area is 148 Å². The summed E-state index contributed by atoms with van der Waals surface area (Å²) in [4.78, 5) is 12.2. The number of nitrogens with zero attached hydrogens (tertiary/aromatic N) is 2. The van der Waals surface area contributed by atoms with E-state index in [0.29, 0.717) is 27.6 Å². The molecule has 0 aliphatic rings. The van der Waals surface area contributed by atoms with E-state index in [0.717, 1.165) is 0 Å². The summed E-state index contributed by atoms with van der Waals surface area (Å²) in [6.45, 7) is 0. The molecule has 0 saturated carbocycles. The van der Waals surface area contributed by atoms with Gasteiger partial charge in [0, 0.05) is 22.2 Å². The Bertz CT molecular complexity index is 871. The van der Waals surface area contributed by atoms with Crippen molar-refractivity contribution in [2.75, 3.05) is 19.5 Å². The predicted molar refractivity (Wildman–Crippen MR) is 92.2 cm³/mol. The Hall–Kier alpha value is -3.06. The van der Waals surface area contributed by atoms with Gasteiger partial charge in [-0.3, -0.25) is 10.1 Å². The van der Waals surface area contributed by atoms with Crippen molar-refractivity contribution >= 4 is 23.5 Å². The summed E-state index contributed by atoms with van der Waals surface area (Å²) < 4.78 is 15.9. The molecule has 25 heavy (non-hydrogen) atoms. The van der Waals surface area contributed by atoms with E-state index in [2.05, 4.69) is 15.5 Å². The van der Waals surface area contributed by atoms with E-state index in [-0.39, 0.29) is 17.8 Å². The minimum atomic E-state index is -0.380.